The van der Waals surface area contributed by atoms with Crippen LogP contribution in [0.25, 0.3) is 0 Å². The van der Waals surface area contributed by atoms with Gasteiger partial charge in [-0.2, -0.15) is 0 Å². The molecule has 1 saturated heterocycles. The van der Waals surface area contributed by atoms with E-state index in [0.29, 0.717) is 0 Å². The highest BCUT2D eigenvalue weighted by Gasteiger charge is 2.21. The van der Waals surface area contributed by atoms with E-state index in [0.717, 1.165) is 6.04 Å². The third-order valence-corrected chi connectivity index (χ3v) is 3.44. The molecule has 2 heteroatoms. The van der Waals surface area contributed by atoms with Gasteiger partial charge in [-0.15, -0.1) is 0 Å². The molecule has 2 aliphatic rings. The van der Waals surface area contributed by atoms with Gasteiger partial charge in [0.2, 0.25) is 0 Å². The Morgan fingerprint density at radius 1 is 0.846 bits per heavy atom. The van der Waals surface area contributed by atoms with Gasteiger partial charge in [-0.3, -0.25) is 0 Å². The van der Waals surface area contributed by atoms with Gasteiger partial charge in [0.05, 0.1) is 0 Å². The molecule has 0 bridgehead atoms. The van der Waals surface area contributed by atoms with E-state index in [1.54, 1.807) is 0 Å². The Labute approximate surface area is 81.7 Å². The van der Waals surface area contributed by atoms with E-state index in [4.69, 9.17) is 0 Å². The van der Waals surface area contributed by atoms with Crippen LogP contribution in [0.4, 0.5) is 0 Å². The highest BCUT2D eigenvalue weighted by Crippen LogP contribution is 2.23. The van der Waals surface area contributed by atoms with Crippen LogP contribution in [0.1, 0.15) is 38.5 Å². The standard InChI is InChI=1S/C11H22N2/c1-2-6-11(5-1)13-9-3-7-12-8-4-10-13/h11-12H,1-10H2. The Kier molecular flexibility index (Phi) is 3.62. The SMILES string of the molecule is C1CCC(N2CCCNCCC2)C1. The molecule has 0 amide bonds. The maximum atomic E-state index is 3.47. The summed E-state index contributed by atoms with van der Waals surface area (Å²) < 4.78 is 0. The minimum atomic E-state index is 0.943. The first kappa shape index (κ1) is 9.47. The molecule has 1 saturated carbocycles. The van der Waals surface area contributed by atoms with Crippen molar-refractivity contribution in [3.8, 4) is 0 Å². The van der Waals surface area contributed by atoms with Gasteiger partial charge in [-0.1, -0.05) is 12.8 Å². The summed E-state index contributed by atoms with van der Waals surface area (Å²) in [6.07, 6.45) is 8.56. The Bertz CT molecular complexity index is 133. The zero-order valence-electron chi connectivity index (χ0n) is 8.60. The minimum Gasteiger partial charge on any atom is -0.317 e. The summed E-state index contributed by atoms with van der Waals surface area (Å²) in [5.74, 6) is 0. The molecule has 0 aromatic heterocycles. The van der Waals surface area contributed by atoms with Gasteiger partial charge in [0.1, 0.15) is 0 Å². The normalized spacial score (nSPS) is 28.6. The van der Waals surface area contributed by atoms with Crippen LogP contribution in [0.5, 0.6) is 0 Å². The molecule has 1 heterocycles. The summed E-state index contributed by atoms with van der Waals surface area (Å²) in [5.41, 5.74) is 0. The van der Waals surface area contributed by atoms with Crippen molar-refractivity contribution >= 4 is 0 Å². The van der Waals surface area contributed by atoms with Gasteiger partial charge in [-0.05, 0) is 51.9 Å². The molecule has 1 aliphatic carbocycles. The Hall–Kier alpha value is -0.0800. The molecule has 1 N–H and O–H groups in total. The lowest BCUT2D eigenvalue weighted by Gasteiger charge is -2.30. The lowest BCUT2D eigenvalue weighted by atomic mass is 10.1. The molecule has 0 unspecified atom stereocenters. The molecule has 2 rings (SSSR count). The molecule has 2 nitrogen and oxygen atoms in total. The van der Waals surface area contributed by atoms with E-state index in [1.165, 1.54) is 64.7 Å². The second-order valence-corrected chi connectivity index (χ2v) is 4.43. The maximum absolute atomic E-state index is 3.47. The van der Waals surface area contributed by atoms with Crippen molar-refractivity contribution in [1.29, 1.82) is 0 Å². The Morgan fingerprint density at radius 2 is 1.46 bits per heavy atom. The summed E-state index contributed by atoms with van der Waals surface area (Å²) in [6, 6.07) is 0.943. The first-order valence-electron chi connectivity index (χ1n) is 5.91. The highest BCUT2D eigenvalue weighted by molar-refractivity contribution is 4.78. The van der Waals surface area contributed by atoms with Crippen LogP contribution >= 0.6 is 0 Å². The van der Waals surface area contributed by atoms with Crippen LogP contribution in [-0.4, -0.2) is 37.1 Å². The minimum absolute atomic E-state index is 0.943. The number of hydrogen-bond donors (Lipinski definition) is 1. The van der Waals surface area contributed by atoms with Crippen molar-refractivity contribution in [2.45, 2.75) is 44.6 Å². The average Bonchev–Trinajstić information content (AvgIpc) is 2.55. The molecule has 0 aromatic carbocycles. The van der Waals surface area contributed by atoms with Gasteiger partial charge in [0.15, 0.2) is 0 Å². The van der Waals surface area contributed by atoms with Crippen LogP contribution in [0.15, 0.2) is 0 Å². The number of hydrogen-bond acceptors (Lipinski definition) is 2. The largest absolute Gasteiger partial charge is 0.317 e. The molecule has 0 aromatic rings. The predicted molar refractivity (Wildman–Crippen MR) is 55.9 cm³/mol. The van der Waals surface area contributed by atoms with Crippen LogP contribution in [0, 0.1) is 0 Å². The maximum Gasteiger partial charge on any atom is 0.00952 e. The molecule has 0 radical (unpaired) electrons. The second kappa shape index (κ2) is 4.97. The third-order valence-electron chi connectivity index (χ3n) is 3.44. The van der Waals surface area contributed by atoms with E-state index < -0.39 is 0 Å². The number of nitrogens with zero attached hydrogens (tertiary/aromatic N) is 1. The fourth-order valence-electron chi connectivity index (χ4n) is 2.69. The average molecular weight is 182 g/mol. The van der Waals surface area contributed by atoms with Crippen molar-refractivity contribution in [3.63, 3.8) is 0 Å². The lowest BCUT2D eigenvalue weighted by molar-refractivity contribution is 0.185. The molecule has 76 valence electrons. The van der Waals surface area contributed by atoms with Crippen LogP contribution in [-0.2, 0) is 0 Å². The van der Waals surface area contributed by atoms with Gasteiger partial charge >= 0.3 is 0 Å². The third kappa shape index (κ3) is 2.68. The summed E-state index contributed by atoms with van der Waals surface area (Å²) >= 11 is 0. The quantitative estimate of drug-likeness (QED) is 0.663. The van der Waals surface area contributed by atoms with Crippen molar-refractivity contribution in [2.75, 3.05) is 26.2 Å². The molecular weight excluding hydrogens is 160 g/mol. The summed E-state index contributed by atoms with van der Waals surface area (Å²) in [4.78, 5) is 2.74. The Balaban J connectivity index is 1.80. The topological polar surface area (TPSA) is 15.3 Å². The number of rotatable bonds is 1. The van der Waals surface area contributed by atoms with E-state index in [-0.39, 0.29) is 0 Å². The van der Waals surface area contributed by atoms with Crippen molar-refractivity contribution in [3.05, 3.63) is 0 Å². The Morgan fingerprint density at radius 3 is 2.08 bits per heavy atom. The van der Waals surface area contributed by atoms with E-state index in [1.807, 2.05) is 0 Å². The zero-order chi connectivity index (χ0) is 8.93. The lowest BCUT2D eigenvalue weighted by Crippen LogP contribution is -2.39. The van der Waals surface area contributed by atoms with Gasteiger partial charge in [-0.25, -0.2) is 0 Å². The molecule has 13 heavy (non-hydrogen) atoms. The van der Waals surface area contributed by atoms with Crippen molar-refractivity contribution in [2.24, 2.45) is 0 Å². The van der Waals surface area contributed by atoms with Crippen molar-refractivity contribution in [1.82, 2.24) is 10.2 Å². The van der Waals surface area contributed by atoms with E-state index in [2.05, 4.69) is 10.2 Å². The molecular formula is C11H22N2. The molecule has 2 fully saturated rings. The molecule has 0 spiro atoms. The highest BCUT2D eigenvalue weighted by atomic mass is 15.2. The van der Waals surface area contributed by atoms with Gasteiger partial charge < -0.3 is 10.2 Å². The van der Waals surface area contributed by atoms with Crippen LogP contribution in [0.3, 0.4) is 0 Å². The monoisotopic (exact) mass is 182 g/mol. The van der Waals surface area contributed by atoms with Gasteiger partial charge in [0.25, 0.3) is 0 Å². The van der Waals surface area contributed by atoms with Crippen LogP contribution in [0.2, 0.25) is 0 Å². The second-order valence-electron chi connectivity index (χ2n) is 4.43. The molecule has 1 aliphatic heterocycles. The van der Waals surface area contributed by atoms with E-state index >= 15 is 0 Å². The first-order valence-corrected chi connectivity index (χ1v) is 5.91. The zero-order valence-corrected chi connectivity index (χ0v) is 8.60. The predicted octanol–water partition coefficient (Wildman–Crippen LogP) is 1.61. The van der Waals surface area contributed by atoms with Crippen molar-refractivity contribution < 1.29 is 0 Å². The number of nitrogens with one attached hydrogen (secondary N) is 1. The smallest absolute Gasteiger partial charge is 0.00952 e. The van der Waals surface area contributed by atoms with Crippen LogP contribution < -0.4 is 5.32 Å². The summed E-state index contributed by atoms with van der Waals surface area (Å²) in [7, 11) is 0. The summed E-state index contributed by atoms with van der Waals surface area (Å²) in [6.45, 7) is 5.11. The van der Waals surface area contributed by atoms with E-state index in [9.17, 15) is 0 Å². The first-order chi connectivity index (χ1) is 6.47. The fourth-order valence-corrected chi connectivity index (χ4v) is 2.69. The molecule has 0 atom stereocenters. The van der Waals surface area contributed by atoms with Gasteiger partial charge in [0, 0.05) is 6.04 Å². The fraction of sp³-hybridized carbons (Fsp3) is 1.00. The summed E-state index contributed by atoms with van der Waals surface area (Å²) in [5, 5.41) is 3.47.